The molecule has 2 rings (SSSR count). The molecule has 1 aliphatic rings. The van der Waals surface area contributed by atoms with Gasteiger partial charge in [-0.3, -0.25) is 4.79 Å². The molecular weight excluding hydrogens is 356 g/mol. The summed E-state index contributed by atoms with van der Waals surface area (Å²) >= 11 is 3.38. The molecule has 2 N–H and O–H groups in total. The zero-order chi connectivity index (χ0) is 14.4. The van der Waals surface area contributed by atoms with Gasteiger partial charge in [-0.15, -0.1) is 12.4 Å². The average Bonchev–Trinajstić information content (AvgIpc) is 2.91. The fourth-order valence-corrected chi connectivity index (χ4v) is 2.68. The number of amides is 1. The van der Waals surface area contributed by atoms with Gasteiger partial charge in [0.25, 0.3) is 5.91 Å². The highest BCUT2D eigenvalue weighted by molar-refractivity contribution is 9.10. The van der Waals surface area contributed by atoms with Gasteiger partial charge in [-0.25, -0.2) is 0 Å². The highest BCUT2D eigenvalue weighted by Gasteiger charge is 2.17. The first-order valence-electron chi connectivity index (χ1n) is 7.06. The van der Waals surface area contributed by atoms with E-state index in [1.807, 2.05) is 24.3 Å². The van der Waals surface area contributed by atoms with E-state index in [1.165, 1.54) is 6.42 Å². The Kier molecular flexibility index (Phi) is 8.07. The van der Waals surface area contributed by atoms with Crippen LogP contribution >= 0.6 is 28.3 Å². The maximum atomic E-state index is 11.9. The SMILES string of the molecule is CC(Oc1cccc(Br)c1)C(=O)NCCC1CCNC1.Cl. The second-order valence-electron chi connectivity index (χ2n) is 5.16. The molecule has 1 heterocycles. The average molecular weight is 378 g/mol. The van der Waals surface area contributed by atoms with Crippen molar-refractivity contribution in [3.63, 3.8) is 0 Å². The van der Waals surface area contributed by atoms with Crippen molar-refractivity contribution in [3.8, 4) is 5.75 Å². The van der Waals surface area contributed by atoms with Gasteiger partial charge in [0.15, 0.2) is 6.10 Å². The molecule has 0 bridgehead atoms. The number of ether oxygens (including phenoxy) is 1. The molecule has 0 radical (unpaired) electrons. The monoisotopic (exact) mass is 376 g/mol. The van der Waals surface area contributed by atoms with Crippen molar-refractivity contribution in [2.75, 3.05) is 19.6 Å². The van der Waals surface area contributed by atoms with Crippen molar-refractivity contribution in [1.29, 1.82) is 0 Å². The molecule has 1 aromatic rings. The van der Waals surface area contributed by atoms with Gasteiger partial charge in [-0.1, -0.05) is 22.0 Å². The number of carbonyl (C=O) groups excluding carboxylic acids is 1. The van der Waals surface area contributed by atoms with Gasteiger partial charge in [0.05, 0.1) is 0 Å². The topological polar surface area (TPSA) is 50.4 Å². The van der Waals surface area contributed by atoms with Crippen LogP contribution in [0, 0.1) is 5.92 Å². The number of rotatable bonds is 6. The predicted molar refractivity (Wildman–Crippen MR) is 90.1 cm³/mol. The lowest BCUT2D eigenvalue weighted by Gasteiger charge is -2.15. The van der Waals surface area contributed by atoms with Crippen molar-refractivity contribution in [2.24, 2.45) is 5.92 Å². The van der Waals surface area contributed by atoms with Crippen molar-refractivity contribution in [1.82, 2.24) is 10.6 Å². The first kappa shape index (κ1) is 18.3. The van der Waals surface area contributed by atoms with Gasteiger partial charge in [0.1, 0.15) is 5.75 Å². The van der Waals surface area contributed by atoms with Gasteiger partial charge < -0.3 is 15.4 Å². The molecule has 2 unspecified atom stereocenters. The molecule has 0 saturated carbocycles. The minimum atomic E-state index is -0.481. The Morgan fingerprint density at radius 2 is 2.38 bits per heavy atom. The lowest BCUT2D eigenvalue weighted by molar-refractivity contribution is -0.127. The summed E-state index contributed by atoms with van der Waals surface area (Å²) in [5.41, 5.74) is 0. The fourth-order valence-electron chi connectivity index (χ4n) is 2.30. The smallest absolute Gasteiger partial charge is 0.260 e. The zero-order valence-electron chi connectivity index (χ0n) is 12.1. The summed E-state index contributed by atoms with van der Waals surface area (Å²) in [5, 5.41) is 6.27. The van der Waals surface area contributed by atoms with Crippen LogP contribution in [0.25, 0.3) is 0 Å². The van der Waals surface area contributed by atoms with E-state index in [0.717, 1.165) is 30.5 Å². The number of hydrogen-bond donors (Lipinski definition) is 2. The molecule has 0 aromatic heterocycles. The summed E-state index contributed by atoms with van der Waals surface area (Å²) in [6.07, 6.45) is 1.76. The Labute approximate surface area is 140 Å². The predicted octanol–water partition coefficient (Wildman–Crippen LogP) is 2.75. The van der Waals surface area contributed by atoms with Crippen molar-refractivity contribution >= 4 is 34.2 Å². The van der Waals surface area contributed by atoms with E-state index < -0.39 is 6.10 Å². The molecule has 6 heteroatoms. The molecule has 1 aliphatic heterocycles. The fraction of sp³-hybridized carbons (Fsp3) is 0.533. The maximum Gasteiger partial charge on any atom is 0.260 e. The number of halogens is 2. The van der Waals surface area contributed by atoms with E-state index >= 15 is 0 Å². The molecule has 1 saturated heterocycles. The molecule has 0 aliphatic carbocycles. The minimum Gasteiger partial charge on any atom is -0.481 e. The van der Waals surface area contributed by atoms with Gasteiger partial charge in [0, 0.05) is 11.0 Å². The maximum absolute atomic E-state index is 11.9. The number of hydrogen-bond acceptors (Lipinski definition) is 3. The lowest BCUT2D eigenvalue weighted by Crippen LogP contribution is -2.37. The summed E-state index contributed by atoms with van der Waals surface area (Å²) in [4.78, 5) is 11.9. The molecule has 1 fully saturated rings. The summed E-state index contributed by atoms with van der Waals surface area (Å²) in [7, 11) is 0. The summed E-state index contributed by atoms with van der Waals surface area (Å²) in [5.74, 6) is 1.33. The van der Waals surface area contributed by atoms with Crippen molar-refractivity contribution < 1.29 is 9.53 Å². The van der Waals surface area contributed by atoms with Crippen LogP contribution in [0.5, 0.6) is 5.75 Å². The summed E-state index contributed by atoms with van der Waals surface area (Å²) in [6, 6.07) is 7.51. The molecule has 0 spiro atoms. The Bertz CT molecular complexity index is 453. The van der Waals surface area contributed by atoms with Crippen LogP contribution in [0.4, 0.5) is 0 Å². The van der Waals surface area contributed by atoms with E-state index in [4.69, 9.17) is 4.74 Å². The van der Waals surface area contributed by atoms with E-state index in [-0.39, 0.29) is 18.3 Å². The third-order valence-corrected chi connectivity index (χ3v) is 3.99. The Morgan fingerprint density at radius 1 is 1.57 bits per heavy atom. The normalized spacial score (nSPS) is 18.7. The van der Waals surface area contributed by atoms with Gasteiger partial charge in [-0.05, 0) is 57.0 Å². The van der Waals surface area contributed by atoms with Gasteiger partial charge in [0.2, 0.25) is 0 Å². The standard InChI is InChI=1S/C15H21BrN2O2.ClH/c1-11(20-14-4-2-3-13(16)9-14)15(19)18-8-6-12-5-7-17-10-12;/h2-4,9,11-12,17H,5-8,10H2,1H3,(H,18,19);1H. The Balaban J connectivity index is 0.00000220. The highest BCUT2D eigenvalue weighted by Crippen LogP contribution is 2.19. The Morgan fingerprint density at radius 3 is 3.05 bits per heavy atom. The zero-order valence-corrected chi connectivity index (χ0v) is 14.5. The van der Waals surface area contributed by atoms with E-state index in [1.54, 1.807) is 6.92 Å². The molecular formula is C15H22BrClN2O2. The second-order valence-corrected chi connectivity index (χ2v) is 6.07. The minimum absolute atomic E-state index is 0. The number of nitrogens with one attached hydrogen (secondary N) is 2. The molecule has 118 valence electrons. The highest BCUT2D eigenvalue weighted by atomic mass is 79.9. The van der Waals surface area contributed by atoms with E-state index in [2.05, 4.69) is 26.6 Å². The first-order chi connectivity index (χ1) is 9.65. The Hall–Kier alpha value is -0.780. The van der Waals surface area contributed by atoms with Crippen molar-refractivity contribution in [3.05, 3.63) is 28.7 Å². The number of benzene rings is 1. The van der Waals surface area contributed by atoms with Crippen LogP contribution in [0.2, 0.25) is 0 Å². The van der Waals surface area contributed by atoms with Crippen LogP contribution in [0.15, 0.2) is 28.7 Å². The molecule has 4 nitrogen and oxygen atoms in total. The van der Waals surface area contributed by atoms with Crippen LogP contribution in [0.1, 0.15) is 19.8 Å². The summed E-state index contributed by atoms with van der Waals surface area (Å²) < 4.78 is 6.57. The van der Waals surface area contributed by atoms with Crippen molar-refractivity contribution in [2.45, 2.75) is 25.9 Å². The molecule has 2 atom stereocenters. The first-order valence-corrected chi connectivity index (χ1v) is 7.85. The van der Waals surface area contributed by atoms with Crippen LogP contribution in [-0.2, 0) is 4.79 Å². The molecule has 21 heavy (non-hydrogen) atoms. The quantitative estimate of drug-likeness (QED) is 0.801. The van der Waals surface area contributed by atoms with Gasteiger partial charge in [-0.2, -0.15) is 0 Å². The van der Waals surface area contributed by atoms with Crippen LogP contribution < -0.4 is 15.4 Å². The molecule has 1 aromatic carbocycles. The second kappa shape index (κ2) is 9.28. The van der Waals surface area contributed by atoms with E-state index in [0.29, 0.717) is 11.7 Å². The third-order valence-electron chi connectivity index (χ3n) is 3.49. The molecule has 1 amide bonds. The third kappa shape index (κ3) is 6.24. The van der Waals surface area contributed by atoms with Crippen LogP contribution in [0.3, 0.4) is 0 Å². The largest absolute Gasteiger partial charge is 0.481 e. The van der Waals surface area contributed by atoms with Crippen LogP contribution in [-0.4, -0.2) is 31.6 Å². The van der Waals surface area contributed by atoms with E-state index in [9.17, 15) is 4.79 Å². The van der Waals surface area contributed by atoms with Gasteiger partial charge >= 0.3 is 0 Å². The number of carbonyl (C=O) groups is 1. The lowest BCUT2D eigenvalue weighted by atomic mass is 10.1. The summed E-state index contributed by atoms with van der Waals surface area (Å²) in [6.45, 7) is 4.66.